The van der Waals surface area contributed by atoms with Crippen molar-refractivity contribution in [3.63, 3.8) is 0 Å². The van der Waals surface area contributed by atoms with E-state index in [1.54, 1.807) is 6.42 Å². The molecule has 0 spiro atoms. The normalized spacial score (nSPS) is 85.1. The largest absolute Gasteiger partial charge is 0.254 e. The second-order valence-electron chi connectivity index (χ2n) is 5.21. The van der Waals surface area contributed by atoms with Crippen LogP contribution in [0.4, 0.5) is 0 Å². The maximum Gasteiger partial charge on any atom is 0.0278 e. The first-order valence-electron chi connectivity index (χ1n) is 4.98. The van der Waals surface area contributed by atoms with Crippen LogP contribution in [0.2, 0.25) is 0 Å². The molecule has 0 radical (unpaired) electrons. The highest BCUT2D eigenvalue weighted by Gasteiger charge is 2.81. The molecular weight excluding hydrogens is 136 g/mol. The van der Waals surface area contributed by atoms with Crippen molar-refractivity contribution >= 4 is 0 Å². The molecule has 5 fully saturated rings. The van der Waals surface area contributed by atoms with Crippen LogP contribution in [-0.4, -0.2) is 12.1 Å². The molecule has 4 saturated carbocycles. The zero-order valence-corrected chi connectivity index (χ0v) is 6.33. The topological polar surface area (TPSA) is 24.1 Å². The van der Waals surface area contributed by atoms with Gasteiger partial charge in [-0.1, -0.05) is 0 Å². The Bertz CT molecular complexity index is 217. The van der Waals surface area contributed by atoms with Gasteiger partial charge in [-0.25, -0.2) is 0 Å². The summed E-state index contributed by atoms with van der Waals surface area (Å²) in [5.74, 6) is 6.81. The molecule has 1 saturated heterocycles. The highest BCUT2D eigenvalue weighted by Crippen LogP contribution is 2.79. The first-order valence-corrected chi connectivity index (χ1v) is 4.98. The molecule has 1 heterocycles. The third-order valence-corrected chi connectivity index (χ3v) is 5.48. The number of hydrazine groups is 1. The summed E-state index contributed by atoms with van der Waals surface area (Å²) < 4.78 is 0. The van der Waals surface area contributed by atoms with Gasteiger partial charge in [0.15, 0.2) is 0 Å². The van der Waals surface area contributed by atoms with Gasteiger partial charge in [-0.3, -0.25) is 10.9 Å². The molecule has 11 heavy (non-hydrogen) atoms. The van der Waals surface area contributed by atoms with Gasteiger partial charge in [0, 0.05) is 12.1 Å². The average molecular weight is 148 g/mol. The number of hydrogen-bond acceptors (Lipinski definition) is 2. The smallest absolute Gasteiger partial charge is 0.0278 e. The first-order chi connectivity index (χ1) is 5.47. The van der Waals surface area contributed by atoms with Crippen LogP contribution >= 0.6 is 0 Å². The van der Waals surface area contributed by atoms with E-state index in [1.807, 2.05) is 0 Å². The third kappa shape index (κ3) is 0.260. The Hall–Kier alpha value is -0.0800. The maximum atomic E-state index is 3.51. The van der Waals surface area contributed by atoms with Gasteiger partial charge in [-0.2, -0.15) is 0 Å². The Morgan fingerprint density at radius 1 is 0.727 bits per heavy atom. The van der Waals surface area contributed by atoms with Gasteiger partial charge in [0.2, 0.25) is 0 Å². The predicted molar refractivity (Wildman–Crippen MR) is 39.4 cm³/mol. The molecule has 0 aromatic heterocycles. The van der Waals surface area contributed by atoms with Gasteiger partial charge in [0.25, 0.3) is 0 Å². The fourth-order valence-corrected chi connectivity index (χ4v) is 5.26. The van der Waals surface area contributed by atoms with Gasteiger partial charge >= 0.3 is 0 Å². The molecule has 1 aliphatic heterocycles. The average Bonchev–Trinajstić information content (AvgIpc) is 2.15. The zero-order valence-electron chi connectivity index (χ0n) is 6.33. The van der Waals surface area contributed by atoms with Crippen molar-refractivity contribution in [1.82, 2.24) is 10.9 Å². The van der Waals surface area contributed by atoms with Crippen LogP contribution in [0.1, 0.15) is 6.42 Å². The molecule has 0 aromatic rings. The van der Waals surface area contributed by atoms with Crippen LogP contribution in [0.25, 0.3) is 0 Å². The van der Waals surface area contributed by atoms with Crippen LogP contribution in [0.15, 0.2) is 0 Å². The molecule has 0 aromatic carbocycles. The fourth-order valence-electron chi connectivity index (χ4n) is 5.26. The van der Waals surface area contributed by atoms with E-state index in [9.17, 15) is 0 Å². The summed E-state index contributed by atoms with van der Waals surface area (Å²) in [4.78, 5) is 0. The summed E-state index contributed by atoms with van der Waals surface area (Å²) in [5, 5.41) is 0. The van der Waals surface area contributed by atoms with Crippen molar-refractivity contribution in [2.75, 3.05) is 0 Å². The van der Waals surface area contributed by atoms with E-state index in [0.717, 1.165) is 35.8 Å². The van der Waals surface area contributed by atoms with Crippen molar-refractivity contribution in [3.05, 3.63) is 0 Å². The van der Waals surface area contributed by atoms with E-state index in [1.165, 1.54) is 11.8 Å². The second-order valence-corrected chi connectivity index (χ2v) is 5.21. The number of rotatable bonds is 0. The van der Waals surface area contributed by atoms with Gasteiger partial charge in [0.1, 0.15) is 0 Å². The lowest BCUT2D eigenvalue weighted by atomic mass is 9.35. The minimum absolute atomic E-state index is 0.894. The Kier molecular flexibility index (Phi) is 0.478. The molecule has 5 rings (SSSR count). The van der Waals surface area contributed by atoms with E-state index >= 15 is 0 Å². The molecule has 58 valence electrons. The highest BCUT2D eigenvalue weighted by atomic mass is 15.4. The Balaban J connectivity index is 1.80. The maximum absolute atomic E-state index is 3.51. The minimum Gasteiger partial charge on any atom is -0.254 e. The molecule has 2 N–H and O–H groups in total. The second kappa shape index (κ2) is 1.09. The van der Waals surface area contributed by atoms with Gasteiger partial charge in [-0.15, -0.1) is 0 Å². The number of hydrogen-bond donors (Lipinski definition) is 2. The number of fused-ring (bicyclic) bond motifs is 2. The Labute approximate surface area is 65.7 Å². The van der Waals surface area contributed by atoms with Crippen molar-refractivity contribution < 1.29 is 0 Å². The molecule has 2 nitrogen and oxygen atoms in total. The Morgan fingerprint density at radius 3 is 1.82 bits per heavy atom. The summed E-state index contributed by atoms with van der Waals surface area (Å²) in [7, 11) is 0. The zero-order chi connectivity index (χ0) is 6.74. The minimum atomic E-state index is 0.894. The highest BCUT2D eigenvalue weighted by molar-refractivity contribution is 5.32. The summed E-state index contributed by atoms with van der Waals surface area (Å²) in [6.07, 6.45) is 1.55. The molecule has 0 amide bonds. The third-order valence-electron chi connectivity index (χ3n) is 5.48. The predicted octanol–water partition coefficient (Wildman–Crippen LogP) is -0.0269. The first kappa shape index (κ1) is 4.83. The standard InChI is InChI=1S/C9H12N2/c1-2-4-5-3(1)9-7(5)6(4)8(2)10-11-9/h2-11H,1H2. The van der Waals surface area contributed by atoms with Crippen molar-refractivity contribution in [2.45, 2.75) is 18.5 Å². The number of nitrogens with one attached hydrogen (secondary N) is 2. The summed E-state index contributed by atoms with van der Waals surface area (Å²) >= 11 is 0. The summed E-state index contributed by atoms with van der Waals surface area (Å²) in [6.45, 7) is 0. The van der Waals surface area contributed by atoms with E-state index in [0.29, 0.717) is 0 Å². The van der Waals surface area contributed by atoms with E-state index < -0.39 is 0 Å². The molecule has 2 heteroatoms. The van der Waals surface area contributed by atoms with Crippen molar-refractivity contribution in [3.8, 4) is 0 Å². The lowest BCUT2D eigenvalue weighted by Gasteiger charge is -2.74. The van der Waals surface area contributed by atoms with E-state index in [4.69, 9.17) is 0 Å². The molecular formula is C9H12N2. The van der Waals surface area contributed by atoms with Crippen LogP contribution in [-0.2, 0) is 0 Å². The van der Waals surface area contributed by atoms with Crippen molar-refractivity contribution in [1.29, 1.82) is 0 Å². The van der Waals surface area contributed by atoms with Gasteiger partial charge < -0.3 is 0 Å². The molecule has 4 aliphatic carbocycles. The monoisotopic (exact) mass is 148 g/mol. The lowest BCUT2D eigenvalue weighted by Crippen LogP contribution is -2.84. The molecule has 8 atom stereocenters. The quantitative estimate of drug-likeness (QED) is 0.504. The van der Waals surface area contributed by atoms with Crippen LogP contribution in [0.3, 0.4) is 0 Å². The van der Waals surface area contributed by atoms with Crippen LogP contribution in [0, 0.1) is 35.5 Å². The van der Waals surface area contributed by atoms with Crippen molar-refractivity contribution in [2.24, 2.45) is 35.5 Å². The van der Waals surface area contributed by atoms with Gasteiger partial charge in [-0.05, 0) is 41.9 Å². The van der Waals surface area contributed by atoms with E-state index in [-0.39, 0.29) is 0 Å². The lowest BCUT2D eigenvalue weighted by molar-refractivity contribution is -0.247. The molecule has 8 unspecified atom stereocenters. The van der Waals surface area contributed by atoms with Gasteiger partial charge in [0.05, 0.1) is 0 Å². The SMILES string of the molecule is C1C2C3NNC4C1C1C2C3C41. The summed E-state index contributed by atoms with van der Waals surface area (Å²) in [5.41, 5.74) is 7.02. The molecule has 0 bridgehead atoms. The Morgan fingerprint density at radius 2 is 1.27 bits per heavy atom. The molecule has 5 aliphatic rings. The van der Waals surface area contributed by atoms with Crippen LogP contribution in [0.5, 0.6) is 0 Å². The van der Waals surface area contributed by atoms with E-state index in [2.05, 4.69) is 10.9 Å². The summed E-state index contributed by atoms with van der Waals surface area (Å²) in [6, 6.07) is 1.79. The van der Waals surface area contributed by atoms with Crippen LogP contribution < -0.4 is 10.9 Å². The fraction of sp³-hybridized carbons (Fsp3) is 1.00.